The maximum Gasteiger partial charge on any atom is 0.355 e. The minimum Gasteiger partial charge on any atom is -0.476 e. The second kappa shape index (κ2) is 5.79. The van der Waals surface area contributed by atoms with E-state index in [0.29, 0.717) is 11.6 Å². The molecule has 1 aromatic heterocycles. The Kier molecular flexibility index (Phi) is 4.31. The molecule has 104 valence electrons. The first-order valence-corrected chi connectivity index (χ1v) is 7.90. The van der Waals surface area contributed by atoms with Gasteiger partial charge in [-0.15, -0.1) is 11.3 Å². The summed E-state index contributed by atoms with van der Waals surface area (Å²) in [6.07, 6.45) is 4.33. The van der Waals surface area contributed by atoms with Crippen molar-refractivity contribution in [1.29, 1.82) is 0 Å². The zero-order valence-corrected chi connectivity index (χ0v) is 12.1. The average Bonchev–Trinajstić information content (AvgIpc) is 3.02. The standard InChI is InChI=1S/C11H15N3O3S2/c1-18-11(2-3-11)6-13-10(17)12-4-8-14-7(5-19-8)9(15)16/h5H,2-4,6H2,1H3,(H,15,16)(H2,12,13,17). The lowest BCUT2D eigenvalue weighted by Gasteiger charge is -2.13. The molecule has 1 heterocycles. The van der Waals surface area contributed by atoms with Crippen molar-refractivity contribution in [3.63, 3.8) is 0 Å². The van der Waals surface area contributed by atoms with Crippen molar-refractivity contribution in [2.75, 3.05) is 12.8 Å². The number of thioether (sulfide) groups is 1. The molecular formula is C11H15N3O3S2. The van der Waals surface area contributed by atoms with Gasteiger partial charge in [-0.05, 0) is 19.1 Å². The van der Waals surface area contributed by atoms with E-state index in [0.717, 1.165) is 12.8 Å². The Hall–Kier alpha value is -1.28. The van der Waals surface area contributed by atoms with Crippen LogP contribution in [0.5, 0.6) is 0 Å². The molecule has 1 fully saturated rings. The van der Waals surface area contributed by atoms with Crippen molar-refractivity contribution >= 4 is 35.1 Å². The molecule has 0 bridgehead atoms. The molecule has 6 nitrogen and oxygen atoms in total. The van der Waals surface area contributed by atoms with Crippen LogP contribution in [0.3, 0.4) is 0 Å². The number of thiazole rings is 1. The summed E-state index contributed by atoms with van der Waals surface area (Å²) in [6, 6.07) is -0.243. The van der Waals surface area contributed by atoms with Crippen LogP contribution in [0.4, 0.5) is 4.79 Å². The number of carbonyl (C=O) groups is 2. The SMILES string of the molecule is CSC1(CNC(=O)NCc2nc(C(=O)O)cs2)CC1. The van der Waals surface area contributed by atoms with E-state index in [1.54, 1.807) is 11.8 Å². The third kappa shape index (κ3) is 3.84. The third-order valence-corrected chi connectivity index (χ3v) is 5.25. The molecule has 0 aromatic carbocycles. The van der Waals surface area contributed by atoms with Crippen LogP contribution in [-0.2, 0) is 6.54 Å². The fourth-order valence-electron chi connectivity index (χ4n) is 1.54. The summed E-state index contributed by atoms with van der Waals surface area (Å²) in [5.74, 6) is -1.05. The van der Waals surface area contributed by atoms with Gasteiger partial charge in [-0.1, -0.05) is 0 Å². The second-order valence-electron chi connectivity index (χ2n) is 4.36. The lowest BCUT2D eigenvalue weighted by molar-refractivity contribution is 0.0691. The molecule has 0 atom stereocenters. The van der Waals surface area contributed by atoms with Gasteiger partial charge in [0.05, 0.1) is 6.54 Å². The Morgan fingerprint density at radius 1 is 1.53 bits per heavy atom. The number of hydrogen-bond acceptors (Lipinski definition) is 5. The maximum absolute atomic E-state index is 11.6. The lowest BCUT2D eigenvalue weighted by Crippen LogP contribution is -2.39. The van der Waals surface area contributed by atoms with E-state index in [2.05, 4.69) is 21.9 Å². The number of amides is 2. The number of aromatic carboxylic acids is 1. The molecule has 1 saturated carbocycles. The Morgan fingerprint density at radius 2 is 2.26 bits per heavy atom. The number of carboxylic acids is 1. The summed E-state index contributed by atoms with van der Waals surface area (Å²) in [7, 11) is 0. The monoisotopic (exact) mass is 301 g/mol. The van der Waals surface area contributed by atoms with Crippen LogP contribution in [0.25, 0.3) is 0 Å². The Bertz CT molecular complexity index is 485. The number of carboxylic acid groups (broad SMARTS) is 1. The molecule has 2 rings (SSSR count). The summed E-state index contributed by atoms with van der Waals surface area (Å²) in [6.45, 7) is 0.911. The number of carbonyl (C=O) groups excluding carboxylic acids is 1. The van der Waals surface area contributed by atoms with E-state index in [1.807, 2.05) is 0 Å². The molecule has 3 N–H and O–H groups in total. The first-order valence-electron chi connectivity index (χ1n) is 5.79. The number of rotatable bonds is 6. The second-order valence-corrected chi connectivity index (χ2v) is 6.57. The highest BCUT2D eigenvalue weighted by Crippen LogP contribution is 2.46. The maximum atomic E-state index is 11.6. The fourth-order valence-corrected chi connectivity index (χ4v) is 2.98. The predicted molar refractivity (Wildman–Crippen MR) is 74.8 cm³/mol. The topological polar surface area (TPSA) is 91.3 Å². The van der Waals surface area contributed by atoms with Crippen molar-refractivity contribution < 1.29 is 14.7 Å². The quantitative estimate of drug-likeness (QED) is 0.741. The van der Waals surface area contributed by atoms with E-state index in [4.69, 9.17) is 5.11 Å². The van der Waals surface area contributed by atoms with Gasteiger partial charge in [0.1, 0.15) is 5.01 Å². The smallest absolute Gasteiger partial charge is 0.355 e. The number of hydrogen-bond donors (Lipinski definition) is 3. The Balaban J connectivity index is 1.72. The fraction of sp³-hybridized carbons (Fsp3) is 0.545. The van der Waals surface area contributed by atoms with Crippen LogP contribution in [0.2, 0.25) is 0 Å². The van der Waals surface area contributed by atoms with Crippen LogP contribution in [0.15, 0.2) is 5.38 Å². The Labute approximate surface area is 119 Å². The highest BCUT2D eigenvalue weighted by atomic mass is 32.2. The van der Waals surface area contributed by atoms with Crippen molar-refractivity contribution in [3.8, 4) is 0 Å². The Morgan fingerprint density at radius 3 is 2.79 bits per heavy atom. The van der Waals surface area contributed by atoms with Crippen LogP contribution in [0.1, 0.15) is 28.3 Å². The van der Waals surface area contributed by atoms with Crippen molar-refractivity contribution in [2.45, 2.75) is 24.1 Å². The molecule has 1 aliphatic carbocycles. The molecule has 19 heavy (non-hydrogen) atoms. The van der Waals surface area contributed by atoms with Crippen LogP contribution in [-0.4, -0.2) is 39.6 Å². The molecule has 1 aromatic rings. The summed E-state index contributed by atoms with van der Waals surface area (Å²) in [5.41, 5.74) is 0.0153. The molecule has 2 amide bonds. The minimum atomic E-state index is -1.05. The molecule has 0 aliphatic heterocycles. The molecular weight excluding hydrogens is 286 g/mol. The summed E-state index contributed by atoms with van der Waals surface area (Å²) < 4.78 is 0.231. The average molecular weight is 301 g/mol. The number of aromatic nitrogens is 1. The van der Waals surface area contributed by atoms with Crippen LogP contribution < -0.4 is 10.6 Å². The van der Waals surface area contributed by atoms with E-state index in [9.17, 15) is 9.59 Å². The number of nitrogens with one attached hydrogen (secondary N) is 2. The summed E-state index contributed by atoms with van der Waals surface area (Å²) >= 11 is 3.00. The van der Waals surface area contributed by atoms with Gasteiger partial charge in [-0.3, -0.25) is 0 Å². The normalized spacial score (nSPS) is 15.8. The first kappa shape index (κ1) is 14.1. The highest BCUT2D eigenvalue weighted by molar-refractivity contribution is 8.00. The summed E-state index contributed by atoms with van der Waals surface area (Å²) in [5, 5.41) is 16.3. The van der Waals surface area contributed by atoms with Gasteiger partial charge in [0, 0.05) is 16.7 Å². The zero-order chi connectivity index (χ0) is 13.9. The van der Waals surface area contributed by atoms with E-state index >= 15 is 0 Å². The molecule has 8 heteroatoms. The number of urea groups is 1. The summed E-state index contributed by atoms with van der Waals surface area (Å²) in [4.78, 5) is 26.1. The highest BCUT2D eigenvalue weighted by Gasteiger charge is 2.41. The predicted octanol–water partition coefficient (Wildman–Crippen LogP) is 1.54. The van der Waals surface area contributed by atoms with E-state index < -0.39 is 5.97 Å². The van der Waals surface area contributed by atoms with Crippen molar-refractivity contribution in [1.82, 2.24) is 15.6 Å². The van der Waals surface area contributed by atoms with Crippen molar-refractivity contribution in [2.24, 2.45) is 0 Å². The zero-order valence-electron chi connectivity index (χ0n) is 10.4. The van der Waals surface area contributed by atoms with Crippen LogP contribution >= 0.6 is 23.1 Å². The van der Waals surface area contributed by atoms with E-state index in [1.165, 1.54) is 16.7 Å². The first-order chi connectivity index (χ1) is 9.04. The lowest BCUT2D eigenvalue weighted by atomic mass is 10.4. The van der Waals surface area contributed by atoms with Gasteiger partial charge in [-0.2, -0.15) is 11.8 Å². The van der Waals surface area contributed by atoms with Crippen molar-refractivity contribution in [3.05, 3.63) is 16.1 Å². The minimum absolute atomic E-state index is 0.0153. The van der Waals surface area contributed by atoms with Gasteiger partial charge < -0.3 is 15.7 Å². The van der Waals surface area contributed by atoms with Gasteiger partial charge in [-0.25, -0.2) is 14.6 Å². The molecule has 0 saturated heterocycles. The van der Waals surface area contributed by atoms with Gasteiger partial charge >= 0.3 is 12.0 Å². The molecule has 0 unspecified atom stereocenters. The molecule has 0 radical (unpaired) electrons. The number of nitrogens with zero attached hydrogens (tertiary/aromatic N) is 1. The molecule has 0 spiro atoms. The van der Waals surface area contributed by atoms with Crippen LogP contribution in [0, 0.1) is 0 Å². The largest absolute Gasteiger partial charge is 0.476 e. The third-order valence-electron chi connectivity index (χ3n) is 2.98. The van der Waals surface area contributed by atoms with Gasteiger partial charge in [0.25, 0.3) is 0 Å². The molecule has 1 aliphatic rings. The van der Waals surface area contributed by atoms with E-state index in [-0.39, 0.29) is 23.0 Å². The van der Waals surface area contributed by atoms with Gasteiger partial charge in [0.2, 0.25) is 0 Å². The van der Waals surface area contributed by atoms with Gasteiger partial charge in [0.15, 0.2) is 5.69 Å².